The van der Waals surface area contributed by atoms with E-state index in [0.29, 0.717) is 6.61 Å². The van der Waals surface area contributed by atoms with Crippen LogP contribution in [-0.2, 0) is 9.53 Å². The van der Waals surface area contributed by atoms with E-state index in [0.717, 1.165) is 13.1 Å². The molecule has 4 nitrogen and oxygen atoms in total. The molecule has 0 aromatic rings. The summed E-state index contributed by atoms with van der Waals surface area (Å²) in [6.07, 6.45) is 10.4. The highest BCUT2D eigenvalue weighted by Gasteiger charge is 2.45. The Morgan fingerprint density at radius 2 is 2.11 bits per heavy atom. The summed E-state index contributed by atoms with van der Waals surface area (Å²) in [5, 5.41) is 0. The van der Waals surface area contributed by atoms with Crippen LogP contribution in [0.15, 0.2) is 24.3 Å². The fraction of sp³-hybridized carbons (Fsp3) is 0.667. The van der Waals surface area contributed by atoms with Crippen molar-refractivity contribution in [2.45, 2.75) is 38.3 Å². The van der Waals surface area contributed by atoms with Crippen LogP contribution in [0.3, 0.4) is 0 Å². The summed E-state index contributed by atoms with van der Waals surface area (Å²) in [7, 11) is 0. The van der Waals surface area contributed by atoms with E-state index < -0.39 is 5.54 Å². The fourth-order valence-electron chi connectivity index (χ4n) is 2.97. The molecule has 2 N–H and O–H groups in total. The van der Waals surface area contributed by atoms with E-state index in [-0.39, 0.29) is 17.9 Å². The number of allylic oxidation sites excluding steroid dienone is 2. The first kappa shape index (κ1) is 14.3. The van der Waals surface area contributed by atoms with Gasteiger partial charge in [-0.2, -0.15) is 0 Å². The van der Waals surface area contributed by atoms with Crippen LogP contribution in [0.5, 0.6) is 0 Å². The van der Waals surface area contributed by atoms with Gasteiger partial charge in [-0.15, -0.1) is 0 Å². The summed E-state index contributed by atoms with van der Waals surface area (Å²) in [5.74, 6) is -0.589. The maximum absolute atomic E-state index is 11.8. The lowest BCUT2D eigenvalue weighted by Crippen LogP contribution is -2.58. The zero-order chi connectivity index (χ0) is 13.9. The van der Waals surface area contributed by atoms with Crippen LogP contribution in [-0.4, -0.2) is 42.1 Å². The molecule has 1 amide bonds. The Bertz CT molecular complexity index is 384. The van der Waals surface area contributed by atoms with Crippen molar-refractivity contribution in [3.8, 4) is 0 Å². The van der Waals surface area contributed by atoms with E-state index in [9.17, 15) is 4.79 Å². The van der Waals surface area contributed by atoms with Crippen LogP contribution in [0, 0.1) is 5.92 Å². The quantitative estimate of drug-likeness (QED) is 0.818. The van der Waals surface area contributed by atoms with Crippen molar-refractivity contribution in [2.24, 2.45) is 11.7 Å². The molecule has 1 heterocycles. The minimum atomic E-state index is -0.401. The number of carbonyl (C=O) groups excluding carboxylic acids is 1. The molecule has 19 heavy (non-hydrogen) atoms. The second-order valence-corrected chi connectivity index (χ2v) is 5.67. The Kier molecular flexibility index (Phi) is 4.42. The number of nitrogens with two attached hydrogens (primary N) is 1. The normalized spacial score (nSPS) is 31.2. The third-order valence-electron chi connectivity index (χ3n) is 3.99. The van der Waals surface area contributed by atoms with E-state index >= 15 is 0 Å². The van der Waals surface area contributed by atoms with Crippen LogP contribution in [0.4, 0.5) is 0 Å². The van der Waals surface area contributed by atoms with Crippen molar-refractivity contribution in [3.63, 3.8) is 0 Å². The molecule has 2 atom stereocenters. The van der Waals surface area contributed by atoms with Crippen molar-refractivity contribution in [1.29, 1.82) is 0 Å². The first-order valence-electron chi connectivity index (χ1n) is 7.08. The molecule has 2 rings (SSSR count). The van der Waals surface area contributed by atoms with E-state index in [1.807, 2.05) is 32.1 Å². The Hall–Kier alpha value is -1.13. The van der Waals surface area contributed by atoms with Crippen LogP contribution in [0.2, 0.25) is 0 Å². The number of hydrogen-bond donors (Lipinski definition) is 1. The maximum atomic E-state index is 11.8. The second-order valence-electron chi connectivity index (χ2n) is 5.67. The molecule has 1 fully saturated rings. The number of ether oxygens (including phenoxy) is 1. The molecule has 106 valence electrons. The number of amides is 1. The third kappa shape index (κ3) is 2.90. The van der Waals surface area contributed by atoms with E-state index in [1.165, 1.54) is 12.8 Å². The van der Waals surface area contributed by atoms with Crippen molar-refractivity contribution < 1.29 is 9.53 Å². The lowest BCUT2D eigenvalue weighted by molar-refractivity contribution is -0.126. The molecule has 2 aliphatic rings. The Labute approximate surface area is 115 Å². The van der Waals surface area contributed by atoms with Gasteiger partial charge >= 0.3 is 0 Å². The highest BCUT2D eigenvalue weighted by atomic mass is 16.5. The van der Waals surface area contributed by atoms with E-state index in [2.05, 4.69) is 11.0 Å². The maximum Gasteiger partial charge on any atom is 0.226 e. The molecule has 0 saturated carbocycles. The number of primary amides is 1. The molecular formula is C15H24N2O2. The lowest BCUT2D eigenvalue weighted by atomic mass is 9.79. The first-order chi connectivity index (χ1) is 9.06. The van der Waals surface area contributed by atoms with Gasteiger partial charge in [0.15, 0.2) is 0 Å². The first-order valence-corrected chi connectivity index (χ1v) is 7.08. The topological polar surface area (TPSA) is 55.6 Å². The minimum Gasteiger partial charge on any atom is -0.376 e. The molecule has 1 saturated heterocycles. The Balaban J connectivity index is 2.28. The monoisotopic (exact) mass is 264 g/mol. The molecule has 0 aromatic carbocycles. The third-order valence-corrected chi connectivity index (χ3v) is 3.99. The molecule has 1 aliphatic carbocycles. The molecule has 1 aliphatic heterocycles. The van der Waals surface area contributed by atoms with Gasteiger partial charge in [-0.1, -0.05) is 24.3 Å². The summed E-state index contributed by atoms with van der Waals surface area (Å²) < 4.78 is 5.84. The van der Waals surface area contributed by atoms with Crippen molar-refractivity contribution in [3.05, 3.63) is 24.3 Å². The molecule has 4 heteroatoms. The minimum absolute atomic E-state index is 0.146. The average Bonchev–Trinajstić information content (AvgIpc) is 2.90. The zero-order valence-corrected chi connectivity index (χ0v) is 11.8. The zero-order valence-electron chi connectivity index (χ0n) is 11.8. The summed E-state index contributed by atoms with van der Waals surface area (Å²) in [6.45, 7) is 6.55. The molecule has 0 radical (unpaired) electrons. The van der Waals surface area contributed by atoms with Gasteiger partial charge in [-0.3, -0.25) is 9.69 Å². The van der Waals surface area contributed by atoms with Gasteiger partial charge in [-0.25, -0.2) is 0 Å². The summed E-state index contributed by atoms with van der Waals surface area (Å²) >= 11 is 0. The Morgan fingerprint density at radius 3 is 2.68 bits per heavy atom. The lowest BCUT2D eigenvalue weighted by Gasteiger charge is -2.44. The van der Waals surface area contributed by atoms with Crippen molar-refractivity contribution >= 4 is 5.91 Å². The van der Waals surface area contributed by atoms with Gasteiger partial charge in [0.2, 0.25) is 5.91 Å². The van der Waals surface area contributed by atoms with Gasteiger partial charge in [0.25, 0.3) is 0 Å². The SMILES string of the molecule is CC(C)OCC1(N2CCCC2)C=CC=CC1C(N)=O. The predicted octanol–water partition coefficient (Wildman–Crippen LogP) is 1.47. The van der Waals surface area contributed by atoms with Crippen LogP contribution < -0.4 is 5.73 Å². The van der Waals surface area contributed by atoms with Gasteiger partial charge in [0.1, 0.15) is 0 Å². The molecule has 0 aromatic heterocycles. The second kappa shape index (κ2) is 5.88. The molecule has 0 bridgehead atoms. The number of nitrogens with zero attached hydrogens (tertiary/aromatic N) is 1. The summed E-state index contributed by atoms with van der Waals surface area (Å²) in [6, 6.07) is 0. The van der Waals surface area contributed by atoms with Gasteiger partial charge < -0.3 is 10.5 Å². The molecular weight excluding hydrogens is 240 g/mol. The standard InChI is InChI=1S/C15H24N2O2/c1-12(2)19-11-15(17-9-5-6-10-17)8-4-3-7-13(15)14(16)18/h3-4,7-8,12-13H,5-6,9-11H2,1-2H3,(H2,16,18). The molecule has 2 unspecified atom stereocenters. The number of likely N-dealkylation sites (tertiary alicyclic amines) is 1. The number of hydrogen-bond acceptors (Lipinski definition) is 3. The molecule has 0 spiro atoms. The van der Waals surface area contributed by atoms with Crippen LogP contribution in [0.25, 0.3) is 0 Å². The summed E-state index contributed by atoms with van der Waals surface area (Å²) in [4.78, 5) is 14.2. The number of carbonyl (C=O) groups is 1. The van der Waals surface area contributed by atoms with Crippen LogP contribution in [0.1, 0.15) is 26.7 Å². The smallest absolute Gasteiger partial charge is 0.226 e. The predicted molar refractivity (Wildman–Crippen MR) is 75.6 cm³/mol. The van der Waals surface area contributed by atoms with Gasteiger partial charge in [-0.05, 0) is 39.8 Å². The fourth-order valence-corrected chi connectivity index (χ4v) is 2.97. The average molecular weight is 264 g/mol. The largest absolute Gasteiger partial charge is 0.376 e. The highest BCUT2D eigenvalue weighted by Crippen LogP contribution is 2.34. The highest BCUT2D eigenvalue weighted by molar-refractivity contribution is 5.81. The number of rotatable bonds is 5. The van der Waals surface area contributed by atoms with Crippen LogP contribution >= 0.6 is 0 Å². The van der Waals surface area contributed by atoms with E-state index in [1.54, 1.807) is 0 Å². The van der Waals surface area contributed by atoms with Gasteiger partial charge in [0, 0.05) is 0 Å². The van der Waals surface area contributed by atoms with Crippen molar-refractivity contribution in [2.75, 3.05) is 19.7 Å². The Morgan fingerprint density at radius 1 is 1.42 bits per heavy atom. The van der Waals surface area contributed by atoms with Gasteiger partial charge in [0.05, 0.1) is 24.2 Å². The van der Waals surface area contributed by atoms with E-state index in [4.69, 9.17) is 10.5 Å². The van der Waals surface area contributed by atoms with Crippen molar-refractivity contribution in [1.82, 2.24) is 4.90 Å². The summed E-state index contributed by atoms with van der Waals surface area (Å²) in [5.41, 5.74) is 5.21.